The van der Waals surface area contributed by atoms with Crippen LogP contribution in [0.4, 0.5) is 0 Å². The van der Waals surface area contributed by atoms with E-state index in [1.54, 1.807) is 13.2 Å². The van der Waals surface area contributed by atoms with Crippen molar-refractivity contribution in [2.45, 2.75) is 51.2 Å². The molecule has 1 aromatic rings. The molecule has 0 saturated heterocycles. The Morgan fingerprint density at radius 1 is 1.38 bits per heavy atom. The first-order valence-corrected chi connectivity index (χ1v) is 8.05. The number of benzene rings is 1. The smallest absolute Gasteiger partial charge is 0.303 e. The van der Waals surface area contributed by atoms with Gasteiger partial charge in [-0.25, -0.2) is 0 Å². The quantitative estimate of drug-likeness (QED) is 0.800. The van der Waals surface area contributed by atoms with Gasteiger partial charge in [0.25, 0.3) is 5.91 Å². The minimum atomic E-state index is -1.28. The zero-order valence-electron chi connectivity index (χ0n) is 14.6. The van der Waals surface area contributed by atoms with Crippen LogP contribution in [0.25, 0.3) is 0 Å². The molecular formula is C18H25NO5. The van der Waals surface area contributed by atoms with E-state index in [9.17, 15) is 14.7 Å². The summed E-state index contributed by atoms with van der Waals surface area (Å²) in [5.41, 5.74) is -0.585. The van der Waals surface area contributed by atoms with Crippen molar-refractivity contribution in [2.24, 2.45) is 0 Å². The fourth-order valence-electron chi connectivity index (χ4n) is 3.09. The van der Waals surface area contributed by atoms with Crippen molar-refractivity contribution in [2.75, 3.05) is 13.7 Å². The van der Waals surface area contributed by atoms with E-state index in [1.807, 2.05) is 12.1 Å². The molecular weight excluding hydrogens is 310 g/mol. The molecule has 0 fully saturated rings. The van der Waals surface area contributed by atoms with Gasteiger partial charge in [-0.3, -0.25) is 9.59 Å². The second-order valence-electron chi connectivity index (χ2n) is 6.69. The predicted octanol–water partition coefficient (Wildman–Crippen LogP) is 1.68. The van der Waals surface area contributed by atoms with Gasteiger partial charge < -0.3 is 19.9 Å². The average Bonchev–Trinajstić information content (AvgIpc) is 2.51. The van der Waals surface area contributed by atoms with Gasteiger partial charge in [0.2, 0.25) is 0 Å². The zero-order valence-corrected chi connectivity index (χ0v) is 14.6. The van der Waals surface area contributed by atoms with Gasteiger partial charge in [-0.1, -0.05) is 6.07 Å². The maximum atomic E-state index is 12.3. The molecule has 0 bridgehead atoms. The van der Waals surface area contributed by atoms with Crippen molar-refractivity contribution < 1.29 is 24.2 Å². The molecule has 132 valence electrons. The first-order valence-electron chi connectivity index (χ1n) is 8.05. The van der Waals surface area contributed by atoms with Crippen molar-refractivity contribution in [1.82, 2.24) is 5.32 Å². The Morgan fingerprint density at radius 3 is 2.71 bits per heavy atom. The molecule has 1 aliphatic carbocycles. The van der Waals surface area contributed by atoms with Crippen LogP contribution in [-0.2, 0) is 26.3 Å². The summed E-state index contributed by atoms with van der Waals surface area (Å²) in [4.78, 5) is 23.4. The number of methoxy groups -OCH3 is 1. The highest BCUT2D eigenvalue weighted by molar-refractivity contribution is 5.86. The molecule has 1 unspecified atom stereocenters. The molecule has 6 heteroatoms. The maximum Gasteiger partial charge on any atom is 0.303 e. The molecule has 0 aromatic heterocycles. The lowest BCUT2D eigenvalue weighted by atomic mass is 9.79. The third kappa shape index (κ3) is 3.87. The van der Waals surface area contributed by atoms with Crippen molar-refractivity contribution in [3.63, 3.8) is 0 Å². The standard InChI is InChI=1S/C18H25NO5/c1-12(20)24-17(2,3)16(21)19-11-18(22)9-5-6-13-10-14(23-4)7-8-15(13)18/h7-8,10,22H,5-6,9,11H2,1-4H3,(H,19,21). The number of hydrogen-bond donors (Lipinski definition) is 2. The molecule has 0 heterocycles. The Morgan fingerprint density at radius 2 is 2.08 bits per heavy atom. The minimum Gasteiger partial charge on any atom is -0.497 e. The molecule has 0 aliphatic heterocycles. The number of carbonyl (C=O) groups excluding carboxylic acids is 2. The average molecular weight is 335 g/mol. The number of rotatable bonds is 5. The summed E-state index contributed by atoms with van der Waals surface area (Å²) in [5.74, 6) is -0.214. The van der Waals surface area contributed by atoms with Crippen molar-refractivity contribution in [3.05, 3.63) is 29.3 Å². The molecule has 2 rings (SSSR count). The van der Waals surface area contributed by atoms with Crippen LogP contribution in [-0.4, -0.2) is 36.2 Å². The van der Waals surface area contributed by atoms with E-state index >= 15 is 0 Å². The van der Waals surface area contributed by atoms with Gasteiger partial charge in [0.05, 0.1) is 13.7 Å². The molecule has 0 spiro atoms. The summed E-state index contributed by atoms with van der Waals surface area (Å²) in [7, 11) is 1.61. The molecule has 0 radical (unpaired) electrons. The fraction of sp³-hybridized carbons (Fsp3) is 0.556. The SMILES string of the molecule is COc1ccc2c(c1)CCCC2(O)CNC(=O)C(C)(C)OC(C)=O. The van der Waals surface area contributed by atoms with Crippen LogP contribution in [0.5, 0.6) is 5.75 Å². The van der Waals surface area contributed by atoms with Crippen LogP contribution in [0.3, 0.4) is 0 Å². The van der Waals surface area contributed by atoms with Crippen LogP contribution in [0.2, 0.25) is 0 Å². The first-order chi connectivity index (χ1) is 11.2. The van der Waals surface area contributed by atoms with E-state index < -0.39 is 23.1 Å². The Balaban J connectivity index is 2.13. The third-order valence-corrected chi connectivity index (χ3v) is 4.34. The molecule has 0 saturated carbocycles. The lowest BCUT2D eigenvalue weighted by molar-refractivity contribution is -0.163. The monoisotopic (exact) mass is 335 g/mol. The molecule has 1 atom stereocenters. The van der Waals surface area contributed by atoms with Gasteiger partial charge in [0, 0.05) is 6.92 Å². The number of aliphatic hydroxyl groups is 1. The Bertz CT molecular complexity index is 640. The van der Waals surface area contributed by atoms with Crippen LogP contribution in [0.1, 0.15) is 44.7 Å². The van der Waals surface area contributed by atoms with E-state index in [4.69, 9.17) is 9.47 Å². The van der Waals surface area contributed by atoms with Gasteiger partial charge in [0.15, 0.2) is 5.60 Å². The number of esters is 1. The number of ether oxygens (including phenoxy) is 2. The second-order valence-corrected chi connectivity index (χ2v) is 6.69. The Kier molecular flexibility index (Phi) is 5.18. The Labute approximate surface area is 142 Å². The fourth-order valence-corrected chi connectivity index (χ4v) is 3.09. The summed E-state index contributed by atoms with van der Waals surface area (Å²) in [6.45, 7) is 4.37. The lowest BCUT2D eigenvalue weighted by Crippen LogP contribution is -2.50. The van der Waals surface area contributed by atoms with E-state index in [0.29, 0.717) is 6.42 Å². The van der Waals surface area contributed by atoms with Crippen molar-refractivity contribution in [1.29, 1.82) is 0 Å². The van der Waals surface area contributed by atoms with Crippen molar-refractivity contribution >= 4 is 11.9 Å². The summed E-state index contributed by atoms with van der Waals surface area (Å²) in [6, 6.07) is 5.57. The van der Waals surface area contributed by atoms with Crippen molar-refractivity contribution in [3.8, 4) is 5.75 Å². The lowest BCUT2D eigenvalue weighted by Gasteiger charge is -2.35. The van der Waals surface area contributed by atoms with Gasteiger partial charge in [-0.2, -0.15) is 0 Å². The van der Waals surface area contributed by atoms with E-state index in [-0.39, 0.29) is 6.54 Å². The summed E-state index contributed by atoms with van der Waals surface area (Å²) < 4.78 is 10.3. The number of hydrogen-bond acceptors (Lipinski definition) is 5. The molecule has 1 amide bonds. The summed E-state index contributed by atoms with van der Waals surface area (Å²) in [6.07, 6.45) is 2.24. The molecule has 2 N–H and O–H groups in total. The van der Waals surface area contributed by atoms with Crippen LogP contribution in [0.15, 0.2) is 18.2 Å². The highest BCUT2D eigenvalue weighted by Gasteiger charge is 2.37. The highest BCUT2D eigenvalue weighted by atomic mass is 16.6. The van der Waals surface area contributed by atoms with E-state index in [2.05, 4.69) is 5.32 Å². The van der Waals surface area contributed by atoms with Gasteiger partial charge in [-0.05, 0) is 56.4 Å². The minimum absolute atomic E-state index is 0.0653. The van der Waals surface area contributed by atoms with Gasteiger partial charge in [-0.15, -0.1) is 0 Å². The number of aryl methyl sites for hydroxylation is 1. The normalized spacial score (nSPS) is 20.0. The van der Waals surface area contributed by atoms with Gasteiger partial charge in [0.1, 0.15) is 11.4 Å². The van der Waals surface area contributed by atoms with Crippen LogP contribution >= 0.6 is 0 Å². The first kappa shape index (κ1) is 18.3. The largest absolute Gasteiger partial charge is 0.497 e. The van der Waals surface area contributed by atoms with E-state index in [0.717, 1.165) is 29.7 Å². The molecule has 24 heavy (non-hydrogen) atoms. The number of fused-ring (bicyclic) bond motifs is 1. The van der Waals surface area contributed by atoms with Crippen LogP contribution < -0.4 is 10.1 Å². The third-order valence-electron chi connectivity index (χ3n) is 4.34. The number of nitrogens with one attached hydrogen (secondary N) is 1. The highest BCUT2D eigenvalue weighted by Crippen LogP contribution is 2.36. The molecule has 1 aromatic carbocycles. The summed E-state index contributed by atoms with van der Waals surface area (Å²) in [5, 5.41) is 13.7. The predicted molar refractivity (Wildman–Crippen MR) is 88.7 cm³/mol. The van der Waals surface area contributed by atoms with Gasteiger partial charge >= 0.3 is 5.97 Å². The number of amides is 1. The molecule has 6 nitrogen and oxygen atoms in total. The maximum absolute atomic E-state index is 12.3. The zero-order chi connectivity index (χ0) is 18.0. The Hall–Kier alpha value is -2.08. The van der Waals surface area contributed by atoms with Crippen LogP contribution in [0, 0.1) is 0 Å². The van der Waals surface area contributed by atoms with E-state index in [1.165, 1.54) is 20.8 Å². The topological polar surface area (TPSA) is 84.9 Å². The molecule has 1 aliphatic rings. The number of carbonyl (C=O) groups is 2. The second kappa shape index (κ2) is 6.81. The summed E-state index contributed by atoms with van der Waals surface area (Å²) >= 11 is 0.